The fraction of sp³-hybridized carbons (Fsp3) is 0.222. The number of hydrogen-bond donors (Lipinski definition) is 1. The van der Waals surface area contributed by atoms with Crippen molar-refractivity contribution in [2.24, 2.45) is 0 Å². The predicted molar refractivity (Wildman–Crippen MR) is 102 cm³/mol. The molecule has 0 saturated heterocycles. The summed E-state index contributed by atoms with van der Waals surface area (Å²) in [4.78, 5) is 16.6. The molecule has 0 bridgehead atoms. The number of rotatable bonds is 4. The van der Waals surface area contributed by atoms with Gasteiger partial charge in [0, 0.05) is 17.8 Å². The zero-order chi connectivity index (χ0) is 21.5. The van der Waals surface area contributed by atoms with Crippen LogP contribution in [0.1, 0.15) is 26.7 Å². The largest absolute Gasteiger partial charge is 0.459 e. The van der Waals surface area contributed by atoms with E-state index >= 15 is 0 Å². The van der Waals surface area contributed by atoms with Gasteiger partial charge in [-0.15, -0.1) is 11.3 Å². The van der Waals surface area contributed by atoms with Crippen LogP contribution in [0.3, 0.4) is 0 Å². The lowest BCUT2D eigenvalue weighted by Gasteiger charge is -2.25. The van der Waals surface area contributed by atoms with Gasteiger partial charge in [-0.25, -0.2) is 13.4 Å². The molecule has 1 aliphatic heterocycles. The molecule has 0 atom stereocenters. The van der Waals surface area contributed by atoms with Crippen LogP contribution in [0.4, 0.5) is 18.3 Å². The zero-order valence-corrected chi connectivity index (χ0v) is 16.8. The Kier molecular flexibility index (Phi) is 5.16. The van der Waals surface area contributed by atoms with Crippen molar-refractivity contribution in [2.75, 3.05) is 11.9 Å². The Morgan fingerprint density at radius 1 is 1.23 bits per heavy atom. The number of amides is 1. The fourth-order valence-corrected chi connectivity index (χ4v) is 5.53. The molecule has 4 rings (SSSR count). The first-order valence-corrected chi connectivity index (χ1v) is 10.9. The van der Waals surface area contributed by atoms with Crippen LogP contribution in [0.5, 0.6) is 0 Å². The maximum absolute atomic E-state index is 12.9. The molecule has 30 heavy (non-hydrogen) atoms. The number of halogens is 3. The number of aromatic nitrogens is 1. The van der Waals surface area contributed by atoms with Gasteiger partial charge in [0.1, 0.15) is 0 Å². The predicted octanol–water partition coefficient (Wildman–Crippen LogP) is 3.75. The van der Waals surface area contributed by atoms with Crippen molar-refractivity contribution in [3.8, 4) is 0 Å². The van der Waals surface area contributed by atoms with Crippen molar-refractivity contribution in [2.45, 2.75) is 24.0 Å². The Labute approximate surface area is 173 Å². The summed E-state index contributed by atoms with van der Waals surface area (Å²) < 4.78 is 70.7. The van der Waals surface area contributed by atoms with Gasteiger partial charge < -0.3 is 4.42 Å². The molecule has 1 aromatic carbocycles. The van der Waals surface area contributed by atoms with Crippen molar-refractivity contribution < 1.29 is 30.8 Å². The number of nitrogens with zero attached hydrogens (tertiary/aromatic N) is 2. The molecule has 1 N–H and O–H groups in total. The summed E-state index contributed by atoms with van der Waals surface area (Å²) in [5.74, 6) is -0.378. The normalized spacial score (nSPS) is 15.0. The SMILES string of the molecule is O=C(Nc1nc2c(s1)CN(S(=O)(=O)c1cccc(C(F)(F)F)c1)CC2)c1ccco1. The van der Waals surface area contributed by atoms with Crippen molar-refractivity contribution in [1.82, 2.24) is 9.29 Å². The minimum absolute atomic E-state index is 0.0395. The van der Waals surface area contributed by atoms with Crippen LogP contribution in [-0.4, -0.2) is 30.2 Å². The molecule has 3 aromatic rings. The highest BCUT2D eigenvalue weighted by Gasteiger charge is 2.34. The van der Waals surface area contributed by atoms with E-state index in [1.165, 1.54) is 12.3 Å². The topological polar surface area (TPSA) is 92.5 Å². The second-order valence-corrected chi connectivity index (χ2v) is 9.46. The number of nitrogens with one attached hydrogen (secondary N) is 1. The molecule has 12 heteroatoms. The van der Waals surface area contributed by atoms with Crippen LogP contribution in [0, 0.1) is 0 Å². The van der Waals surface area contributed by atoms with E-state index in [1.807, 2.05) is 0 Å². The van der Waals surface area contributed by atoms with Gasteiger partial charge >= 0.3 is 6.18 Å². The van der Waals surface area contributed by atoms with Gasteiger partial charge in [0.05, 0.1) is 29.0 Å². The van der Waals surface area contributed by atoms with Crippen LogP contribution in [0.15, 0.2) is 52.0 Å². The van der Waals surface area contributed by atoms with E-state index in [0.29, 0.717) is 21.8 Å². The van der Waals surface area contributed by atoms with Crippen LogP contribution in [0.2, 0.25) is 0 Å². The van der Waals surface area contributed by atoms with Crippen molar-refractivity contribution in [3.63, 3.8) is 0 Å². The van der Waals surface area contributed by atoms with Crippen LogP contribution < -0.4 is 5.32 Å². The first-order chi connectivity index (χ1) is 14.1. The Morgan fingerprint density at radius 2 is 2.03 bits per heavy atom. The molecule has 1 amide bonds. The summed E-state index contributed by atoms with van der Waals surface area (Å²) >= 11 is 1.11. The third-order valence-corrected chi connectivity index (χ3v) is 7.30. The Bertz CT molecular complexity index is 1190. The number of furan rings is 1. The van der Waals surface area contributed by atoms with Crippen LogP contribution >= 0.6 is 11.3 Å². The van der Waals surface area contributed by atoms with Gasteiger partial charge in [0.25, 0.3) is 5.91 Å². The van der Waals surface area contributed by atoms with E-state index in [2.05, 4.69) is 10.3 Å². The average molecular weight is 457 g/mol. The van der Waals surface area contributed by atoms with Crippen molar-refractivity contribution in [1.29, 1.82) is 0 Å². The van der Waals surface area contributed by atoms with Crippen LogP contribution in [-0.2, 0) is 29.2 Å². The highest BCUT2D eigenvalue weighted by molar-refractivity contribution is 7.89. The van der Waals surface area contributed by atoms with Gasteiger partial charge in [-0.1, -0.05) is 6.07 Å². The van der Waals surface area contributed by atoms with Crippen molar-refractivity contribution >= 4 is 32.4 Å². The second kappa shape index (κ2) is 7.52. The number of benzene rings is 1. The molecular formula is C18H14F3N3O4S2. The number of alkyl halides is 3. The molecule has 0 radical (unpaired) electrons. The number of anilines is 1. The van der Waals surface area contributed by atoms with Gasteiger partial charge in [0.15, 0.2) is 10.9 Å². The highest BCUT2D eigenvalue weighted by atomic mass is 32.2. The average Bonchev–Trinajstić information content (AvgIpc) is 3.36. The number of sulfonamides is 1. The third kappa shape index (κ3) is 3.98. The minimum atomic E-state index is -4.64. The maximum atomic E-state index is 12.9. The lowest BCUT2D eigenvalue weighted by molar-refractivity contribution is -0.137. The summed E-state index contributed by atoms with van der Waals surface area (Å²) in [6, 6.07) is 6.73. The molecule has 0 spiro atoms. The summed E-state index contributed by atoms with van der Waals surface area (Å²) in [7, 11) is -4.13. The van der Waals surface area contributed by atoms with Gasteiger partial charge in [-0.2, -0.15) is 17.5 Å². The molecule has 7 nitrogen and oxygen atoms in total. The molecule has 0 saturated carbocycles. The van der Waals surface area contributed by atoms with E-state index < -0.39 is 32.6 Å². The molecule has 2 aromatic heterocycles. The third-order valence-electron chi connectivity index (χ3n) is 4.46. The molecule has 0 aliphatic carbocycles. The van der Waals surface area contributed by atoms with E-state index in [-0.39, 0.29) is 25.3 Å². The number of fused-ring (bicyclic) bond motifs is 1. The standard InChI is InChI=1S/C18H14F3N3O4S2/c19-18(20,21)11-3-1-4-12(9-11)30(26,27)24-7-6-13-15(10-24)29-17(22-13)23-16(25)14-5-2-8-28-14/h1-5,8-9H,6-7,10H2,(H,22,23,25). The zero-order valence-electron chi connectivity index (χ0n) is 15.1. The quantitative estimate of drug-likeness (QED) is 0.644. The Morgan fingerprint density at radius 3 is 2.73 bits per heavy atom. The molecule has 158 valence electrons. The first-order valence-electron chi connectivity index (χ1n) is 8.65. The Hall–Kier alpha value is -2.70. The van der Waals surface area contributed by atoms with Crippen LogP contribution in [0.25, 0.3) is 0 Å². The van der Waals surface area contributed by atoms with Gasteiger partial charge in [-0.3, -0.25) is 10.1 Å². The molecule has 1 aliphatic rings. The lowest BCUT2D eigenvalue weighted by Crippen LogP contribution is -2.35. The Balaban J connectivity index is 1.54. The maximum Gasteiger partial charge on any atom is 0.416 e. The van der Waals surface area contributed by atoms with E-state index in [0.717, 1.165) is 33.8 Å². The smallest absolute Gasteiger partial charge is 0.416 e. The molecule has 3 heterocycles. The molecule has 0 fully saturated rings. The monoisotopic (exact) mass is 457 g/mol. The summed E-state index contributed by atoms with van der Waals surface area (Å²) in [5.41, 5.74) is -0.382. The molecule has 0 unspecified atom stereocenters. The lowest BCUT2D eigenvalue weighted by atomic mass is 10.2. The number of thiazole rings is 1. The first kappa shape index (κ1) is 20.6. The van der Waals surface area contributed by atoms with E-state index in [4.69, 9.17) is 4.42 Å². The number of carbonyl (C=O) groups is 1. The highest BCUT2D eigenvalue weighted by Crippen LogP contribution is 2.34. The van der Waals surface area contributed by atoms with Crippen molar-refractivity contribution in [3.05, 3.63) is 64.6 Å². The van der Waals surface area contributed by atoms with Gasteiger partial charge in [0.2, 0.25) is 10.0 Å². The summed E-state index contributed by atoms with van der Waals surface area (Å²) in [6.07, 6.45) is -3.00. The van der Waals surface area contributed by atoms with E-state index in [9.17, 15) is 26.4 Å². The molecular weight excluding hydrogens is 443 g/mol. The fourth-order valence-electron chi connectivity index (χ4n) is 2.98. The summed E-state index contributed by atoms with van der Waals surface area (Å²) in [6.45, 7) is 0.0308. The van der Waals surface area contributed by atoms with E-state index in [1.54, 1.807) is 6.07 Å². The minimum Gasteiger partial charge on any atom is -0.459 e. The van der Waals surface area contributed by atoms with Gasteiger partial charge in [-0.05, 0) is 30.3 Å². The number of hydrogen-bond acceptors (Lipinski definition) is 6. The number of carbonyl (C=O) groups excluding carboxylic acids is 1. The summed E-state index contributed by atoms with van der Waals surface area (Å²) in [5, 5.41) is 2.88. The second-order valence-electron chi connectivity index (χ2n) is 6.43.